The number of aliphatic hydroxyl groups is 1. The summed E-state index contributed by atoms with van der Waals surface area (Å²) in [6.07, 6.45) is 3.14. The SMILES string of the molecule is CCOC(=O)CCN(CCO)C(=O)c1cccnc1. The average molecular weight is 266 g/mol. The molecule has 0 unspecified atom stereocenters. The van der Waals surface area contributed by atoms with E-state index < -0.39 is 0 Å². The van der Waals surface area contributed by atoms with Crippen molar-refractivity contribution in [3.05, 3.63) is 30.1 Å². The van der Waals surface area contributed by atoms with Crippen molar-refractivity contribution >= 4 is 11.9 Å². The van der Waals surface area contributed by atoms with Crippen LogP contribution in [0.1, 0.15) is 23.7 Å². The Morgan fingerprint density at radius 2 is 2.21 bits per heavy atom. The third-order valence-corrected chi connectivity index (χ3v) is 2.46. The fourth-order valence-electron chi connectivity index (χ4n) is 1.57. The minimum Gasteiger partial charge on any atom is -0.466 e. The molecular weight excluding hydrogens is 248 g/mol. The molecule has 0 fully saturated rings. The summed E-state index contributed by atoms with van der Waals surface area (Å²) < 4.78 is 4.80. The van der Waals surface area contributed by atoms with Crippen LogP contribution in [0, 0.1) is 0 Å². The molecule has 1 heterocycles. The molecule has 0 radical (unpaired) electrons. The molecule has 0 saturated heterocycles. The van der Waals surface area contributed by atoms with E-state index in [1.165, 1.54) is 11.1 Å². The van der Waals surface area contributed by atoms with Gasteiger partial charge in [0.1, 0.15) is 0 Å². The number of carbonyl (C=O) groups is 2. The molecule has 0 aliphatic carbocycles. The van der Waals surface area contributed by atoms with E-state index in [0.717, 1.165) is 0 Å². The first kappa shape index (κ1) is 15.1. The monoisotopic (exact) mass is 266 g/mol. The second kappa shape index (κ2) is 8.20. The fourth-order valence-corrected chi connectivity index (χ4v) is 1.57. The summed E-state index contributed by atoms with van der Waals surface area (Å²) in [7, 11) is 0. The molecule has 6 nitrogen and oxygen atoms in total. The molecule has 1 N–H and O–H groups in total. The first-order valence-corrected chi connectivity index (χ1v) is 6.14. The topological polar surface area (TPSA) is 79.7 Å². The zero-order chi connectivity index (χ0) is 14.1. The molecule has 0 spiro atoms. The zero-order valence-electron chi connectivity index (χ0n) is 10.9. The van der Waals surface area contributed by atoms with Gasteiger partial charge in [0, 0.05) is 25.5 Å². The van der Waals surface area contributed by atoms with Crippen LogP contribution in [0.5, 0.6) is 0 Å². The summed E-state index contributed by atoms with van der Waals surface area (Å²) >= 11 is 0. The number of carbonyl (C=O) groups excluding carboxylic acids is 2. The standard InChI is InChI=1S/C13H18N2O4/c1-2-19-12(17)5-7-15(8-9-16)13(18)11-4-3-6-14-10-11/h3-4,6,10,16H,2,5,7-9H2,1H3. The molecule has 0 aliphatic heterocycles. The number of ether oxygens (including phenoxy) is 1. The predicted octanol–water partition coefficient (Wildman–Crippen LogP) is 0.469. The number of aromatic nitrogens is 1. The predicted molar refractivity (Wildman–Crippen MR) is 68.5 cm³/mol. The second-order valence-electron chi connectivity index (χ2n) is 3.81. The van der Waals surface area contributed by atoms with Crippen LogP contribution >= 0.6 is 0 Å². The third-order valence-electron chi connectivity index (χ3n) is 2.46. The van der Waals surface area contributed by atoms with E-state index in [9.17, 15) is 9.59 Å². The van der Waals surface area contributed by atoms with Crippen molar-refractivity contribution in [1.29, 1.82) is 0 Å². The largest absolute Gasteiger partial charge is 0.466 e. The fraction of sp³-hybridized carbons (Fsp3) is 0.462. The number of amides is 1. The summed E-state index contributed by atoms with van der Waals surface area (Å²) in [5.74, 6) is -0.615. The average Bonchev–Trinajstić information content (AvgIpc) is 2.44. The van der Waals surface area contributed by atoms with E-state index in [1.807, 2.05) is 0 Å². The second-order valence-corrected chi connectivity index (χ2v) is 3.81. The van der Waals surface area contributed by atoms with Gasteiger partial charge in [-0.05, 0) is 19.1 Å². The Bertz CT molecular complexity index is 408. The Kier molecular flexibility index (Phi) is 6.52. The first-order chi connectivity index (χ1) is 9.19. The van der Waals surface area contributed by atoms with Crippen molar-refractivity contribution in [1.82, 2.24) is 9.88 Å². The maximum Gasteiger partial charge on any atom is 0.307 e. The Balaban J connectivity index is 2.61. The highest BCUT2D eigenvalue weighted by Crippen LogP contribution is 2.04. The lowest BCUT2D eigenvalue weighted by Gasteiger charge is -2.21. The number of nitrogens with zero attached hydrogens (tertiary/aromatic N) is 2. The molecule has 0 aliphatic rings. The molecule has 104 valence electrons. The van der Waals surface area contributed by atoms with Gasteiger partial charge >= 0.3 is 5.97 Å². The molecule has 0 atom stereocenters. The highest BCUT2D eigenvalue weighted by molar-refractivity contribution is 5.94. The number of esters is 1. The van der Waals surface area contributed by atoms with Crippen LogP contribution in [0.2, 0.25) is 0 Å². The van der Waals surface area contributed by atoms with Crippen LogP contribution in [-0.2, 0) is 9.53 Å². The van der Waals surface area contributed by atoms with E-state index in [-0.39, 0.29) is 38.0 Å². The lowest BCUT2D eigenvalue weighted by Crippen LogP contribution is -2.35. The van der Waals surface area contributed by atoms with Gasteiger partial charge in [-0.2, -0.15) is 0 Å². The molecule has 1 rings (SSSR count). The van der Waals surface area contributed by atoms with Gasteiger partial charge < -0.3 is 14.7 Å². The maximum absolute atomic E-state index is 12.1. The quantitative estimate of drug-likeness (QED) is 0.726. The molecule has 1 aromatic rings. The van der Waals surface area contributed by atoms with Gasteiger partial charge in [-0.3, -0.25) is 14.6 Å². The third kappa shape index (κ3) is 5.05. The summed E-state index contributed by atoms with van der Waals surface area (Å²) in [6, 6.07) is 3.31. The molecule has 1 aromatic heterocycles. The number of pyridine rings is 1. The number of hydrogen-bond donors (Lipinski definition) is 1. The highest BCUT2D eigenvalue weighted by atomic mass is 16.5. The van der Waals surface area contributed by atoms with Gasteiger partial charge in [0.2, 0.25) is 0 Å². The van der Waals surface area contributed by atoms with Gasteiger partial charge in [-0.15, -0.1) is 0 Å². The minimum atomic E-state index is -0.357. The van der Waals surface area contributed by atoms with Crippen molar-refractivity contribution in [3.8, 4) is 0 Å². The van der Waals surface area contributed by atoms with Gasteiger partial charge in [0.15, 0.2) is 0 Å². The Hall–Kier alpha value is -1.95. The Morgan fingerprint density at radius 3 is 2.79 bits per heavy atom. The van der Waals surface area contributed by atoms with Crippen LogP contribution < -0.4 is 0 Å². The van der Waals surface area contributed by atoms with E-state index >= 15 is 0 Å². The molecule has 1 amide bonds. The van der Waals surface area contributed by atoms with Crippen LogP contribution in [-0.4, -0.2) is 53.2 Å². The summed E-state index contributed by atoms with van der Waals surface area (Å²) in [5, 5.41) is 8.98. The smallest absolute Gasteiger partial charge is 0.307 e. The minimum absolute atomic E-state index is 0.111. The molecule has 0 aromatic carbocycles. The van der Waals surface area contributed by atoms with Crippen molar-refractivity contribution in [3.63, 3.8) is 0 Å². The van der Waals surface area contributed by atoms with Gasteiger partial charge in [-0.25, -0.2) is 0 Å². The van der Waals surface area contributed by atoms with E-state index in [0.29, 0.717) is 12.2 Å². The lowest BCUT2D eigenvalue weighted by molar-refractivity contribution is -0.143. The Labute approximate surface area is 112 Å². The van der Waals surface area contributed by atoms with Crippen LogP contribution in [0.25, 0.3) is 0 Å². The van der Waals surface area contributed by atoms with Crippen LogP contribution in [0.3, 0.4) is 0 Å². The summed E-state index contributed by atoms with van der Waals surface area (Å²) in [5.41, 5.74) is 0.430. The van der Waals surface area contributed by atoms with Crippen molar-refractivity contribution < 1.29 is 19.4 Å². The normalized spacial score (nSPS) is 10.0. The highest BCUT2D eigenvalue weighted by Gasteiger charge is 2.16. The zero-order valence-corrected chi connectivity index (χ0v) is 10.9. The van der Waals surface area contributed by atoms with Gasteiger partial charge in [0.05, 0.1) is 25.2 Å². The van der Waals surface area contributed by atoms with Crippen molar-refractivity contribution in [2.75, 3.05) is 26.3 Å². The van der Waals surface area contributed by atoms with E-state index in [2.05, 4.69) is 4.98 Å². The van der Waals surface area contributed by atoms with Gasteiger partial charge in [0.25, 0.3) is 5.91 Å². The molecule has 0 saturated carbocycles. The Morgan fingerprint density at radius 1 is 1.42 bits per heavy atom. The van der Waals surface area contributed by atoms with Gasteiger partial charge in [-0.1, -0.05) is 0 Å². The number of aliphatic hydroxyl groups excluding tert-OH is 1. The van der Waals surface area contributed by atoms with Crippen molar-refractivity contribution in [2.24, 2.45) is 0 Å². The molecule has 19 heavy (non-hydrogen) atoms. The van der Waals surface area contributed by atoms with E-state index in [4.69, 9.17) is 9.84 Å². The molecule has 6 heteroatoms. The summed E-state index contributed by atoms with van der Waals surface area (Å²) in [4.78, 5) is 28.7. The van der Waals surface area contributed by atoms with Crippen LogP contribution in [0.15, 0.2) is 24.5 Å². The van der Waals surface area contributed by atoms with Crippen molar-refractivity contribution in [2.45, 2.75) is 13.3 Å². The molecular formula is C13H18N2O4. The van der Waals surface area contributed by atoms with Crippen LogP contribution in [0.4, 0.5) is 0 Å². The first-order valence-electron chi connectivity index (χ1n) is 6.14. The number of hydrogen-bond acceptors (Lipinski definition) is 5. The maximum atomic E-state index is 12.1. The summed E-state index contributed by atoms with van der Waals surface area (Å²) in [6.45, 7) is 2.27. The molecule has 0 bridgehead atoms. The number of rotatable bonds is 7. The van der Waals surface area contributed by atoms with E-state index in [1.54, 1.807) is 25.3 Å². The lowest BCUT2D eigenvalue weighted by atomic mass is 10.2.